The molecule has 0 radical (unpaired) electrons. The Labute approximate surface area is 197 Å². The van der Waals surface area contributed by atoms with Crippen molar-refractivity contribution in [2.75, 3.05) is 4.72 Å². The van der Waals surface area contributed by atoms with Gasteiger partial charge >= 0.3 is 0 Å². The van der Waals surface area contributed by atoms with Crippen LogP contribution in [0.25, 0.3) is 11.3 Å². The average molecular weight is 480 g/mol. The molecular formula is C25H22FN3O4S. The molecule has 34 heavy (non-hydrogen) atoms. The number of phenolic OH excluding ortho intramolecular Hbond substituents is 1. The van der Waals surface area contributed by atoms with Crippen molar-refractivity contribution in [3.63, 3.8) is 0 Å². The van der Waals surface area contributed by atoms with E-state index in [9.17, 15) is 17.9 Å². The minimum atomic E-state index is -4.22. The van der Waals surface area contributed by atoms with Crippen molar-refractivity contribution in [2.45, 2.75) is 24.7 Å². The van der Waals surface area contributed by atoms with Crippen molar-refractivity contribution in [1.29, 1.82) is 0 Å². The van der Waals surface area contributed by atoms with Crippen LogP contribution < -0.4 is 9.46 Å². The highest BCUT2D eigenvalue weighted by Crippen LogP contribution is 2.33. The van der Waals surface area contributed by atoms with Crippen LogP contribution in [0.3, 0.4) is 0 Å². The summed E-state index contributed by atoms with van der Waals surface area (Å²) < 4.78 is 48.0. The Morgan fingerprint density at radius 3 is 2.35 bits per heavy atom. The normalized spacial score (nSPS) is 11.4. The zero-order valence-corrected chi connectivity index (χ0v) is 19.3. The molecule has 0 unspecified atom stereocenters. The number of aromatic hydroxyl groups is 1. The third-order valence-electron chi connectivity index (χ3n) is 4.99. The van der Waals surface area contributed by atoms with Gasteiger partial charge in [0.25, 0.3) is 10.0 Å². The van der Waals surface area contributed by atoms with Gasteiger partial charge < -0.3 is 9.84 Å². The lowest BCUT2D eigenvalue weighted by Crippen LogP contribution is -2.16. The second-order valence-corrected chi connectivity index (χ2v) is 9.41. The Morgan fingerprint density at radius 2 is 1.62 bits per heavy atom. The molecule has 0 bridgehead atoms. The highest BCUT2D eigenvalue weighted by atomic mass is 32.2. The minimum Gasteiger partial charge on any atom is -0.507 e. The fourth-order valence-electron chi connectivity index (χ4n) is 3.39. The summed E-state index contributed by atoms with van der Waals surface area (Å²) in [4.78, 5) is 8.20. The SMILES string of the molecule is CC(C)c1ccccc1-c1cc(Oc2ccccc2F)nc(NS(=O)(=O)c2ccccc2O)n1. The molecule has 0 fully saturated rings. The van der Waals surface area contributed by atoms with E-state index in [4.69, 9.17) is 4.74 Å². The van der Waals surface area contributed by atoms with Crippen LogP contribution in [0.4, 0.5) is 10.3 Å². The number of halogens is 1. The van der Waals surface area contributed by atoms with Gasteiger partial charge in [-0.25, -0.2) is 22.5 Å². The lowest BCUT2D eigenvalue weighted by atomic mass is 9.95. The summed E-state index contributed by atoms with van der Waals surface area (Å²) in [7, 11) is -4.22. The number of sulfonamides is 1. The number of phenols is 1. The number of anilines is 1. The molecule has 4 rings (SSSR count). The standard InChI is InChI=1S/C25H22FN3O4S/c1-16(2)17-9-3-4-10-18(17)20-15-24(33-22-13-7-5-11-19(22)26)28-25(27-20)29-34(31,32)23-14-8-6-12-21(23)30/h3-16,30H,1-2H3,(H,27,28,29). The first-order chi connectivity index (χ1) is 16.2. The van der Waals surface area contributed by atoms with Crippen LogP contribution in [0.5, 0.6) is 17.4 Å². The number of rotatable bonds is 7. The topological polar surface area (TPSA) is 101 Å². The van der Waals surface area contributed by atoms with E-state index in [-0.39, 0.29) is 28.4 Å². The van der Waals surface area contributed by atoms with Crippen molar-refractivity contribution in [3.8, 4) is 28.6 Å². The predicted octanol–water partition coefficient (Wildman–Crippen LogP) is 5.70. The Hall–Kier alpha value is -3.98. The van der Waals surface area contributed by atoms with Gasteiger partial charge in [0.05, 0.1) is 5.69 Å². The summed E-state index contributed by atoms with van der Waals surface area (Å²) in [6.07, 6.45) is 0. The monoisotopic (exact) mass is 479 g/mol. The molecule has 7 nitrogen and oxygen atoms in total. The molecule has 0 saturated carbocycles. The summed E-state index contributed by atoms with van der Waals surface area (Å²) in [6, 6.07) is 20.4. The van der Waals surface area contributed by atoms with Crippen molar-refractivity contribution < 1.29 is 22.7 Å². The Bertz CT molecular complexity index is 1440. The van der Waals surface area contributed by atoms with Crippen LogP contribution in [0, 0.1) is 5.82 Å². The lowest BCUT2D eigenvalue weighted by molar-refractivity contribution is 0.427. The van der Waals surface area contributed by atoms with Crippen LogP contribution in [0.15, 0.2) is 83.8 Å². The van der Waals surface area contributed by atoms with E-state index in [0.717, 1.165) is 11.1 Å². The van der Waals surface area contributed by atoms with Crippen LogP contribution in [-0.4, -0.2) is 23.5 Å². The van der Waals surface area contributed by atoms with Crippen LogP contribution in [0.1, 0.15) is 25.3 Å². The van der Waals surface area contributed by atoms with Gasteiger partial charge in [-0.05, 0) is 35.7 Å². The smallest absolute Gasteiger partial charge is 0.267 e. The van der Waals surface area contributed by atoms with E-state index in [0.29, 0.717) is 5.69 Å². The fraction of sp³-hybridized carbons (Fsp3) is 0.120. The van der Waals surface area contributed by atoms with Gasteiger partial charge in [0.15, 0.2) is 11.6 Å². The number of para-hydroxylation sites is 2. The number of hydrogen-bond acceptors (Lipinski definition) is 6. The van der Waals surface area contributed by atoms with Gasteiger partial charge in [0, 0.05) is 11.6 Å². The molecule has 0 amide bonds. The minimum absolute atomic E-state index is 0.0522. The van der Waals surface area contributed by atoms with E-state index in [1.165, 1.54) is 48.5 Å². The molecule has 9 heteroatoms. The second kappa shape index (κ2) is 9.48. The average Bonchev–Trinajstić information content (AvgIpc) is 2.80. The van der Waals surface area contributed by atoms with E-state index < -0.39 is 21.6 Å². The van der Waals surface area contributed by atoms with E-state index in [1.54, 1.807) is 6.07 Å². The summed E-state index contributed by atoms with van der Waals surface area (Å²) in [5.74, 6) is -1.27. The van der Waals surface area contributed by atoms with E-state index in [1.807, 2.05) is 38.1 Å². The molecule has 2 N–H and O–H groups in total. The molecule has 0 atom stereocenters. The second-order valence-electron chi connectivity index (χ2n) is 7.76. The van der Waals surface area contributed by atoms with Crippen LogP contribution in [-0.2, 0) is 10.0 Å². The molecule has 0 aliphatic rings. The predicted molar refractivity (Wildman–Crippen MR) is 127 cm³/mol. The molecule has 0 saturated heterocycles. The highest BCUT2D eigenvalue weighted by Gasteiger charge is 2.21. The van der Waals surface area contributed by atoms with Gasteiger partial charge in [-0.15, -0.1) is 0 Å². The molecule has 0 aliphatic carbocycles. The summed E-state index contributed by atoms with van der Waals surface area (Å²) in [5.41, 5.74) is 2.12. The molecule has 4 aromatic rings. The third kappa shape index (κ3) is 4.99. The number of ether oxygens (including phenoxy) is 1. The maximum absolute atomic E-state index is 14.2. The summed E-state index contributed by atoms with van der Waals surface area (Å²) in [5, 5.41) is 10.0. The van der Waals surface area contributed by atoms with Crippen molar-refractivity contribution in [1.82, 2.24) is 9.97 Å². The first kappa shape index (κ1) is 23.2. The number of nitrogens with one attached hydrogen (secondary N) is 1. The Kier molecular flexibility index (Phi) is 6.47. The molecule has 1 heterocycles. The first-order valence-corrected chi connectivity index (χ1v) is 11.9. The molecule has 174 valence electrons. The van der Waals surface area contributed by atoms with Gasteiger partial charge in [-0.1, -0.05) is 62.4 Å². The van der Waals surface area contributed by atoms with Crippen molar-refractivity contribution in [2.24, 2.45) is 0 Å². The maximum Gasteiger partial charge on any atom is 0.267 e. The number of hydrogen-bond donors (Lipinski definition) is 2. The summed E-state index contributed by atoms with van der Waals surface area (Å²) >= 11 is 0. The molecule has 0 aliphatic heterocycles. The Balaban J connectivity index is 1.82. The lowest BCUT2D eigenvalue weighted by Gasteiger charge is -2.15. The number of benzene rings is 3. The maximum atomic E-state index is 14.2. The fourth-order valence-corrected chi connectivity index (χ4v) is 4.44. The van der Waals surface area contributed by atoms with Gasteiger partial charge in [0.1, 0.15) is 10.6 Å². The third-order valence-corrected chi connectivity index (χ3v) is 6.37. The summed E-state index contributed by atoms with van der Waals surface area (Å²) in [6.45, 7) is 4.05. The quantitative estimate of drug-likeness (QED) is 0.352. The Morgan fingerprint density at radius 1 is 0.941 bits per heavy atom. The van der Waals surface area contributed by atoms with Gasteiger partial charge in [0.2, 0.25) is 11.8 Å². The van der Waals surface area contributed by atoms with Crippen LogP contribution in [0.2, 0.25) is 0 Å². The highest BCUT2D eigenvalue weighted by molar-refractivity contribution is 7.92. The molecule has 3 aromatic carbocycles. The molecule has 1 aromatic heterocycles. The number of aromatic nitrogens is 2. The largest absolute Gasteiger partial charge is 0.507 e. The van der Waals surface area contributed by atoms with E-state index in [2.05, 4.69) is 14.7 Å². The van der Waals surface area contributed by atoms with Gasteiger partial charge in [-0.3, -0.25) is 0 Å². The van der Waals surface area contributed by atoms with E-state index >= 15 is 0 Å². The van der Waals surface area contributed by atoms with Crippen molar-refractivity contribution >= 4 is 16.0 Å². The number of nitrogens with zero attached hydrogens (tertiary/aromatic N) is 2. The first-order valence-electron chi connectivity index (χ1n) is 10.5. The molecular weight excluding hydrogens is 457 g/mol. The zero-order valence-electron chi connectivity index (χ0n) is 18.4. The van der Waals surface area contributed by atoms with Gasteiger partial charge in [-0.2, -0.15) is 4.98 Å². The molecule has 0 spiro atoms. The van der Waals surface area contributed by atoms with Crippen molar-refractivity contribution in [3.05, 3.63) is 90.2 Å². The zero-order chi connectivity index (χ0) is 24.3. The van der Waals surface area contributed by atoms with Crippen LogP contribution >= 0.6 is 0 Å².